The van der Waals surface area contributed by atoms with Gasteiger partial charge in [-0.2, -0.15) is 0 Å². The molecule has 0 saturated heterocycles. The molecule has 0 fully saturated rings. The largest absolute Gasteiger partial charge is 0.484 e. The molecule has 0 saturated carbocycles. The Labute approximate surface area is 82.3 Å². The van der Waals surface area contributed by atoms with Crippen molar-refractivity contribution in [3.05, 3.63) is 10.8 Å². The molecule has 0 aromatic carbocycles. The molecule has 1 aliphatic heterocycles. The van der Waals surface area contributed by atoms with Crippen molar-refractivity contribution < 1.29 is 4.74 Å². The third kappa shape index (κ3) is 1.95. The first-order chi connectivity index (χ1) is 6.25. The fourth-order valence-corrected chi connectivity index (χ4v) is 2.17. The number of hydrogen-bond acceptors (Lipinski definition) is 4. The molecule has 0 radical (unpaired) electrons. The summed E-state index contributed by atoms with van der Waals surface area (Å²) in [6.45, 7) is 1.87. The zero-order valence-electron chi connectivity index (χ0n) is 7.91. The molecular weight excluding hydrogens is 184 g/mol. The van der Waals surface area contributed by atoms with Crippen molar-refractivity contribution in [2.45, 2.75) is 6.10 Å². The first-order valence-corrected chi connectivity index (χ1v) is 5.31. The van der Waals surface area contributed by atoms with Gasteiger partial charge >= 0.3 is 0 Å². The minimum absolute atomic E-state index is 0.275. The van der Waals surface area contributed by atoms with E-state index >= 15 is 0 Å². The molecule has 2 heterocycles. The topological polar surface area (TPSA) is 24.5 Å². The standard InChI is InChI=1S/C9H14N2OS/c1-11(2)4-7-3-10-8-5-13-6-9(8)12-7/h5-7,10H,3-4H2,1-2H3. The van der Waals surface area contributed by atoms with Gasteiger partial charge in [-0.05, 0) is 14.1 Å². The van der Waals surface area contributed by atoms with Crippen LogP contribution in [0.2, 0.25) is 0 Å². The number of hydrogen-bond donors (Lipinski definition) is 1. The van der Waals surface area contributed by atoms with Crippen molar-refractivity contribution >= 4 is 17.0 Å². The molecule has 4 heteroatoms. The summed E-state index contributed by atoms with van der Waals surface area (Å²) in [7, 11) is 4.12. The molecule has 1 aromatic rings. The number of ether oxygens (including phenoxy) is 1. The Morgan fingerprint density at radius 3 is 3.23 bits per heavy atom. The highest BCUT2D eigenvalue weighted by Gasteiger charge is 2.19. The zero-order valence-corrected chi connectivity index (χ0v) is 8.73. The van der Waals surface area contributed by atoms with Gasteiger partial charge in [-0.25, -0.2) is 0 Å². The highest BCUT2D eigenvalue weighted by atomic mass is 32.1. The van der Waals surface area contributed by atoms with Gasteiger partial charge in [0, 0.05) is 17.3 Å². The third-order valence-corrected chi connectivity index (χ3v) is 2.73. The Hall–Kier alpha value is -0.740. The van der Waals surface area contributed by atoms with Crippen LogP contribution in [0.3, 0.4) is 0 Å². The van der Waals surface area contributed by atoms with E-state index in [1.807, 2.05) is 5.38 Å². The fourth-order valence-electron chi connectivity index (χ4n) is 1.46. The van der Waals surface area contributed by atoms with Crippen molar-refractivity contribution in [2.75, 3.05) is 32.5 Å². The van der Waals surface area contributed by atoms with E-state index in [2.05, 4.69) is 29.7 Å². The second kappa shape index (κ2) is 3.55. The van der Waals surface area contributed by atoms with E-state index < -0.39 is 0 Å². The molecule has 13 heavy (non-hydrogen) atoms. The van der Waals surface area contributed by atoms with Crippen molar-refractivity contribution in [1.82, 2.24) is 4.90 Å². The summed E-state index contributed by atoms with van der Waals surface area (Å²) in [6.07, 6.45) is 0.275. The molecule has 2 rings (SSSR count). The van der Waals surface area contributed by atoms with E-state index in [0.29, 0.717) is 0 Å². The van der Waals surface area contributed by atoms with Crippen LogP contribution in [0.15, 0.2) is 10.8 Å². The molecule has 0 spiro atoms. The fraction of sp³-hybridized carbons (Fsp3) is 0.556. The maximum Gasteiger partial charge on any atom is 0.153 e. The maximum atomic E-state index is 5.79. The number of anilines is 1. The molecule has 0 bridgehead atoms. The lowest BCUT2D eigenvalue weighted by molar-refractivity contribution is 0.165. The number of rotatable bonds is 2. The van der Waals surface area contributed by atoms with Crippen LogP contribution >= 0.6 is 11.3 Å². The van der Waals surface area contributed by atoms with E-state index in [1.54, 1.807) is 11.3 Å². The molecule has 1 N–H and O–H groups in total. The smallest absolute Gasteiger partial charge is 0.153 e. The predicted octanol–water partition coefficient (Wildman–Crippen LogP) is 1.48. The van der Waals surface area contributed by atoms with Crippen LogP contribution in [-0.4, -0.2) is 38.2 Å². The summed E-state index contributed by atoms with van der Waals surface area (Å²) in [5.74, 6) is 1.00. The molecule has 0 amide bonds. The second-order valence-electron chi connectivity index (χ2n) is 3.53. The summed E-state index contributed by atoms with van der Waals surface area (Å²) in [4.78, 5) is 2.14. The average Bonchev–Trinajstić information content (AvgIpc) is 2.49. The summed E-state index contributed by atoms with van der Waals surface area (Å²) in [6, 6.07) is 0. The Morgan fingerprint density at radius 1 is 1.62 bits per heavy atom. The molecule has 3 nitrogen and oxygen atoms in total. The van der Waals surface area contributed by atoms with Gasteiger partial charge in [0.05, 0.1) is 12.2 Å². The molecule has 1 unspecified atom stereocenters. The number of nitrogens with one attached hydrogen (secondary N) is 1. The van der Waals surface area contributed by atoms with Gasteiger partial charge in [0.2, 0.25) is 0 Å². The lowest BCUT2D eigenvalue weighted by atomic mass is 10.3. The van der Waals surface area contributed by atoms with E-state index in [4.69, 9.17) is 4.74 Å². The van der Waals surface area contributed by atoms with Crippen molar-refractivity contribution in [1.29, 1.82) is 0 Å². The Balaban J connectivity index is 2.00. The van der Waals surface area contributed by atoms with Gasteiger partial charge in [-0.15, -0.1) is 11.3 Å². The van der Waals surface area contributed by atoms with Crippen LogP contribution in [0.25, 0.3) is 0 Å². The van der Waals surface area contributed by atoms with Crippen molar-refractivity contribution in [2.24, 2.45) is 0 Å². The van der Waals surface area contributed by atoms with Crippen LogP contribution in [0.4, 0.5) is 5.69 Å². The lowest BCUT2D eigenvalue weighted by Crippen LogP contribution is -2.38. The molecular formula is C9H14N2OS. The Bertz CT molecular complexity index is 285. The molecule has 1 aliphatic rings. The van der Waals surface area contributed by atoms with Gasteiger partial charge < -0.3 is 15.0 Å². The van der Waals surface area contributed by atoms with E-state index in [9.17, 15) is 0 Å². The highest BCUT2D eigenvalue weighted by Crippen LogP contribution is 2.32. The van der Waals surface area contributed by atoms with Crippen LogP contribution in [0.1, 0.15) is 0 Å². The summed E-state index contributed by atoms with van der Waals surface area (Å²) in [5.41, 5.74) is 1.14. The highest BCUT2D eigenvalue weighted by molar-refractivity contribution is 7.08. The minimum Gasteiger partial charge on any atom is -0.484 e. The summed E-state index contributed by atoms with van der Waals surface area (Å²) < 4.78 is 5.79. The number of thiophene rings is 1. The maximum absolute atomic E-state index is 5.79. The zero-order chi connectivity index (χ0) is 9.26. The predicted molar refractivity (Wildman–Crippen MR) is 55.8 cm³/mol. The Kier molecular flexibility index (Phi) is 2.42. The van der Waals surface area contributed by atoms with Crippen LogP contribution in [0, 0.1) is 0 Å². The lowest BCUT2D eigenvalue weighted by Gasteiger charge is -2.27. The monoisotopic (exact) mass is 198 g/mol. The summed E-state index contributed by atoms with van der Waals surface area (Å²) >= 11 is 1.68. The normalized spacial score (nSPS) is 20.7. The number of nitrogens with zero attached hydrogens (tertiary/aromatic N) is 1. The van der Waals surface area contributed by atoms with Gasteiger partial charge in [0.1, 0.15) is 6.10 Å². The van der Waals surface area contributed by atoms with Crippen molar-refractivity contribution in [3.63, 3.8) is 0 Å². The van der Waals surface area contributed by atoms with E-state index in [0.717, 1.165) is 24.5 Å². The number of fused-ring (bicyclic) bond motifs is 1. The first kappa shape index (κ1) is 8.84. The number of likely N-dealkylation sites (N-methyl/N-ethyl adjacent to an activating group) is 1. The molecule has 0 aliphatic carbocycles. The van der Waals surface area contributed by atoms with Crippen LogP contribution in [0.5, 0.6) is 5.75 Å². The second-order valence-corrected chi connectivity index (χ2v) is 4.28. The van der Waals surface area contributed by atoms with Crippen molar-refractivity contribution in [3.8, 4) is 5.75 Å². The average molecular weight is 198 g/mol. The first-order valence-electron chi connectivity index (χ1n) is 4.37. The van der Waals surface area contributed by atoms with Gasteiger partial charge in [-0.3, -0.25) is 0 Å². The van der Waals surface area contributed by atoms with Crippen LogP contribution in [-0.2, 0) is 0 Å². The van der Waals surface area contributed by atoms with Crippen LogP contribution < -0.4 is 10.1 Å². The van der Waals surface area contributed by atoms with Gasteiger partial charge in [0.15, 0.2) is 5.75 Å². The molecule has 72 valence electrons. The minimum atomic E-state index is 0.275. The van der Waals surface area contributed by atoms with Gasteiger partial charge in [0.25, 0.3) is 0 Å². The Morgan fingerprint density at radius 2 is 2.46 bits per heavy atom. The summed E-state index contributed by atoms with van der Waals surface area (Å²) in [5, 5.41) is 7.49. The molecule has 1 atom stereocenters. The third-order valence-electron chi connectivity index (χ3n) is 2.01. The van der Waals surface area contributed by atoms with E-state index in [-0.39, 0.29) is 6.10 Å². The van der Waals surface area contributed by atoms with Gasteiger partial charge in [-0.1, -0.05) is 0 Å². The quantitative estimate of drug-likeness (QED) is 0.779. The van der Waals surface area contributed by atoms with E-state index in [1.165, 1.54) is 0 Å². The molecule has 1 aromatic heterocycles. The SMILES string of the molecule is CN(C)CC1CNc2cscc2O1.